The zero-order chi connectivity index (χ0) is 27.6. The number of carbonyl (C=O) groups is 1. The van der Waals surface area contributed by atoms with Gasteiger partial charge >= 0.3 is 0 Å². The molecule has 1 amide bonds. The molecule has 0 saturated heterocycles. The van der Waals surface area contributed by atoms with E-state index < -0.39 is 5.54 Å². The molecule has 6 aromatic carbocycles. The summed E-state index contributed by atoms with van der Waals surface area (Å²) in [7, 11) is 0. The van der Waals surface area contributed by atoms with Gasteiger partial charge in [0.15, 0.2) is 5.54 Å². The molecule has 1 aliphatic heterocycles. The third-order valence-corrected chi connectivity index (χ3v) is 7.94. The fraction of sp³-hybridized carbons (Fsp3) is 0.0811. The van der Waals surface area contributed by atoms with E-state index >= 15 is 0 Å². The second kappa shape index (κ2) is 10.5. The molecule has 7 rings (SSSR count). The first kappa shape index (κ1) is 24.9. The Labute approximate surface area is 239 Å². The lowest BCUT2D eigenvalue weighted by atomic mass is 9.83. The van der Waals surface area contributed by atoms with Crippen LogP contribution >= 0.6 is 0 Å². The van der Waals surface area contributed by atoms with Crippen molar-refractivity contribution in [3.05, 3.63) is 167 Å². The molecule has 0 saturated carbocycles. The van der Waals surface area contributed by atoms with Crippen LogP contribution in [-0.4, -0.2) is 11.7 Å². The molecule has 1 aliphatic rings. The fourth-order valence-electron chi connectivity index (χ4n) is 5.96. The maximum Gasteiger partial charge on any atom is 0.262 e. The van der Waals surface area contributed by atoms with Gasteiger partial charge in [0.05, 0.1) is 0 Å². The first-order valence-corrected chi connectivity index (χ1v) is 13.9. The van der Waals surface area contributed by atoms with Crippen molar-refractivity contribution >= 4 is 33.3 Å². The Balaban J connectivity index is 1.18. The second-order valence-corrected chi connectivity index (χ2v) is 10.5. The Morgan fingerprint density at radius 1 is 0.610 bits per heavy atom. The summed E-state index contributed by atoms with van der Waals surface area (Å²) in [6.07, 6.45) is 0. The molecule has 198 valence electrons. The molecule has 0 fully saturated rings. The van der Waals surface area contributed by atoms with Crippen LogP contribution in [0, 0.1) is 0 Å². The van der Waals surface area contributed by atoms with Crippen molar-refractivity contribution in [2.45, 2.75) is 18.6 Å². The normalized spacial score (nSPS) is 14.2. The molecule has 0 aromatic heterocycles. The summed E-state index contributed by atoms with van der Waals surface area (Å²) in [6.45, 7) is 1.43. The maximum atomic E-state index is 13.7. The Bertz CT molecular complexity index is 1820. The number of nitrogens with one attached hydrogen (secondary N) is 2. The topological polar surface area (TPSA) is 53.5 Å². The van der Waals surface area contributed by atoms with Crippen molar-refractivity contribution in [2.24, 2.45) is 4.99 Å². The minimum Gasteiger partial charge on any atom is -0.309 e. The van der Waals surface area contributed by atoms with Gasteiger partial charge in [0.25, 0.3) is 5.91 Å². The number of amides is 1. The van der Waals surface area contributed by atoms with Crippen molar-refractivity contribution in [3.8, 4) is 0 Å². The van der Waals surface area contributed by atoms with Gasteiger partial charge in [-0.25, -0.2) is 4.99 Å². The van der Waals surface area contributed by atoms with E-state index in [0.717, 1.165) is 28.8 Å². The van der Waals surface area contributed by atoms with Crippen LogP contribution in [0.4, 0.5) is 0 Å². The zero-order valence-electron chi connectivity index (χ0n) is 22.5. The molecule has 2 N–H and O–H groups in total. The molecule has 0 spiro atoms. The monoisotopic (exact) mass is 531 g/mol. The van der Waals surface area contributed by atoms with Gasteiger partial charge in [-0.15, -0.1) is 0 Å². The van der Waals surface area contributed by atoms with Gasteiger partial charge < -0.3 is 10.6 Å². The summed E-state index contributed by atoms with van der Waals surface area (Å²) in [5.41, 5.74) is 3.89. The summed E-state index contributed by atoms with van der Waals surface area (Å²) in [5.74, 6) is 0.445. The predicted molar refractivity (Wildman–Crippen MR) is 167 cm³/mol. The lowest BCUT2D eigenvalue weighted by Crippen LogP contribution is -2.38. The number of rotatable bonds is 7. The molecular weight excluding hydrogens is 502 g/mol. The third kappa shape index (κ3) is 4.48. The number of hydrogen-bond acceptors (Lipinski definition) is 3. The first-order valence-electron chi connectivity index (χ1n) is 13.9. The van der Waals surface area contributed by atoms with E-state index in [1.165, 1.54) is 27.1 Å². The average Bonchev–Trinajstić information content (AvgIpc) is 3.39. The van der Waals surface area contributed by atoms with E-state index in [-0.39, 0.29) is 5.91 Å². The lowest BCUT2D eigenvalue weighted by molar-refractivity contribution is -0.122. The molecule has 4 nitrogen and oxygen atoms in total. The lowest BCUT2D eigenvalue weighted by Gasteiger charge is -2.24. The SMILES string of the molecule is O=C1NC(c2cccc(CNCc3c4ccccc4cc4ccccc34)c2)=NC1(c1ccccc1)c1ccccc1. The minimum atomic E-state index is -1.12. The number of fused-ring (bicyclic) bond motifs is 2. The van der Waals surface area contributed by atoms with Gasteiger partial charge in [0.1, 0.15) is 5.84 Å². The molecule has 0 radical (unpaired) electrons. The van der Waals surface area contributed by atoms with Crippen LogP contribution in [0.2, 0.25) is 0 Å². The fourth-order valence-corrected chi connectivity index (χ4v) is 5.96. The van der Waals surface area contributed by atoms with E-state index in [2.05, 4.69) is 77.4 Å². The van der Waals surface area contributed by atoms with Crippen LogP contribution in [0.5, 0.6) is 0 Å². The summed E-state index contributed by atoms with van der Waals surface area (Å²) < 4.78 is 0. The van der Waals surface area contributed by atoms with E-state index in [1.807, 2.05) is 72.8 Å². The number of nitrogens with zero attached hydrogens (tertiary/aromatic N) is 1. The quantitative estimate of drug-likeness (QED) is 0.216. The van der Waals surface area contributed by atoms with Crippen molar-refractivity contribution in [1.29, 1.82) is 0 Å². The van der Waals surface area contributed by atoms with E-state index in [4.69, 9.17) is 4.99 Å². The Kier molecular flexibility index (Phi) is 6.38. The van der Waals surface area contributed by atoms with Crippen LogP contribution in [-0.2, 0) is 23.4 Å². The highest BCUT2D eigenvalue weighted by molar-refractivity contribution is 6.16. The van der Waals surface area contributed by atoms with Crippen molar-refractivity contribution in [1.82, 2.24) is 10.6 Å². The highest BCUT2D eigenvalue weighted by Crippen LogP contribution is 2.37. The molecule has 0 unspecified atom stereocenters. The van der Waals surface area contributed by atoms with Gasteiger partial charge in [-0.1, -0.05) is 127 Å². The van der Waals surface area contributed by atoms with E-state index in [0.29, 0.717) is 12.4 Å². The first-order chi connectivity index (χ1) is 20.2. The Hall–Kier alpha value is -5.06. The third-order valence-electron chi connectivity index (χ3n) is 7.94. The van der Waals surface area contributed by atoms with Crippen molar-refractivity contribution in [2.75, 3.05) is 0 Å². The standard InChI is InChI=1S/C37H29N3O/c41-36-37(30-16-3-1-4-17-30,31-18-5-2-6-19-31)40-35(39-36)29-15-11-12-26(22-29)24-38-25-34-32-20-9-7-13-27(32)23-28-14-8-10-21-33(28)34/h1-23,38H,24-25H2,(H,39,40,41). The molecule has 4 heteroatoms. The second-order valence-electron chi connectivity index (χ2n) is 10.5. The number of aliphatic imine (C=N–C) groups is 1. The largest absolute Gasteiger partial charge is 0.309 e. The van der Waals surface area contributed by atoms with Gasteiger partial charge in [-0.05, 0) is 55.9 Å². The molecule has 6 aromatic rings. The van der Waals surface area contributed by atoms with Crippen LogP contribution < -0.4 is 10.6 Å². The molecule has 1 heterocycles. The van der Waals surface area contributed by atoms with Crippen LogP contribution in [0.15, 0.2) is 145 Å². The van der Waals surface area contributed by atoms with Crippen LogP contribution in [0.3, 0.4) is 0 Å². The van der Waals surface area contributed by atoms with E-state index in [1.54, 1.807) is 0 Å². The van der Waals surface area contributed by atoms with Crippen LogP contribution in [0.25, 0.3) is 21.5 Å². The summed E-state index contributed by atoms with van der Waals surface area (Å²) in [6, 6.07) is 47.2. The summed E-state index contributed by atoms with van der Waals surface area (Å²) in [5, 5.41) is 11.8. The molecule has 0 aliphatic carbocycles. The zero-order valence-corrected chi connectivity index (χ0v) is 22.5. The van der Waals surface area contributed by atoms with Crippen molar-refractivity contribution < 1.29 is 4.79 Å². The molecule has 0 atom stereocenters. The number of benzene rings is 6. The summed E-state index contributed by atoms with van der Waals surface area (Å²) in [4.78, 5) is 18.8. The highest BCUT2D eigenvalue weighted by Gasteiger charge is 2.46. The number of carbonyl (C=O) groups excluding carboxylic acids is 1. The number of hydrogen-bond donors (Lipinski definition) is 2. The van der Waals surface area contributed by atoms with Gasteiger partial charge in [-0.2, -0.15) is 0 Å². The Morgan fingerprint density at radius 3 is 1.83 bits per heavy atom. The predicted octanol–water partition coefficient (Wildman–Crippen LogP) is 7.10. The van der Waals surface area contributed by atoms with Crippen molar-refractivity contribution in [3.63, 3.8) is 0 Å². The highest BCUT2D eigenvalue weighted by atomic mass is 16.2. The van der Waals surface area contributed by atoms with Crippen LogP contribution in [0.1, 0.15) is 27.8 Å². The Morgan fingerprint density at radius 2 is 1.20 bits per heavy atom. The van der Waals surface area contributed by atoms with Gasteiger partial charge in [0, 0.05) is 18.7 Å². The molecule has 0 bridgehead atoms. The molecular formula is C37H29N3O. The molecule has 41 heavy (non-hydrogen) atoms. The smallest absolute Gasteiger partial charge is 0.262 e. The summed E-state index contributed by atoms with van der Waals surface area (Å²) >= 11 is 0. The van der Waals surface area contributed by atoms with E-state index in [9.17, 15) is 4.79 Å². The number of amidine groups is 1. The average molecular weight is 532 g/mol. The minimum absolute atomic E-state index is 0.142. The van der Waals surface area contributed by atoms with Gasteiger partial charge in [0.2, 0.25) is 0 Å². The van der Waals surface area contributed by atoms with Gasteiger partial charge in [-0.3, -0.25) is 4.79 Å². The maximum absolute atomic E-state index is 13.7.